The molecule has 1 aromatic carbocycles. The van der Waals surface area contributed by atoms with Crippen molar-refractivity contribution in [1.82, 2.24) is 15.6 Å². The third-order valence-electron chi connectivity index (χ3n) is 5.49. The topological polar surface area (TPSA) is 61.8 Å². The van der Waals surface area contributed by atoms with E-state index in [1.807, 2.05) is 13.2 Å². The van der Waals surface area contributed by atoms with E-state index in [4.69, 9.17) is 4.74 Å². The normalized spacial score (nSPS) is 14.8. The number of halogens is 1. The molecule has 3 rings (SSSR count). The van der Waals surface area contributed by atoms with Crippen molar-refractivity contribution in [3.8, 4) is 5.75 Å². The van der Waals surface area contributed by atoms with Gasteiger partial charge in [0, 0.05) is 38.9 Å². The van der Waals surface area contributed by atoms with E-state index in [-0.39, 0.29) is 24.0 Å². The lowest BCUT2D eigenvalue weighted by Crippen LogP contribution is -2.49. The zero-order chi connectivity index (χ0) is 22.1. The zero-order valence-corrected chi connectivity index (χ0v) is 22.1. The number of anilines is 1. The van der Waals surface area contributed by atoms with Crippen LogP contribution in [0, 0.1) is 12.8 Å². The van der Waals surface area contributed by atoms with Crippen LogP contribution in [0.3, 0.4) is 0 Å². The molecule has 6 nitrogen and oxygen atoms in total. The Balaban J connectivity index is 0.00000363. The van der Waals surface area contributed by atoms with Crippen LogP contribution in [0.15, 0.2) is 47.6 Å². The summed E-state index contributed by atoms with van der Waals surface area (Å²) in [6.07, 6.45) is 5.04. The number of pyridine rings is 1. The van der Waals surface area contributed by atoms with Gasteiger partial charge in [0.05, 0.1) is 6.61 Å². The fourth-order valence-corrected chi connectivity index (χ4v) is 3.63. The number of aromatic nitrogens is 1. The summed E-state index contributed by atoms with van der Waals surface area (Å²) >= 11 is 0. The van der Waals surface area contributed by atoms with Crippen LogP contribution >= 0.6 is 24.0 Å². The number of rotatable bonds is 8. The van der Waals surface area contributed by atoms with E-state index in [1.54, 1.807) is 0 Å². The van der Waals surface area contributed by atoms with E-state index < -0.39 is 0 Å². The molecule has 0 aliphatic carbocycles. The molecule has 32 heavy (non-hydrogen) atoms. The maximum absolute atomic E-state index is 5.76. The minimum absolute atomic E-state index is 0. The second kappa shape index (κ2) is 13.5. The smallest absolute Gasteiger partial charge is 0.191 e. The predicted octanol–water partition coefficient (Wildman–Crippen LogP) is 4.42. The number of nitrogens with zero attached hydrogens (tertiary/aromatic N) is 3. The Morgan fingerprint density at radius 2 is 1.88 bits per heavy atom. The van der Waals surface area contributed by atoms with Gasteiger partial charge in [-0.05, 0) is 61.4 Å². The van der Waals surface area contributed by atoms with Gasteiger partial charge in [-0.15, -0.1) is 24.0 Å². The van der Waals surface area contributed by atoms with Crippen LogP contribution < -0.4 is 20.3 Å². The first kappa shape index (κ1) is 26.2. The van der Waals surface area contributed by atoms with Crippen LogP contribution in [0.25, 0.3) is 0 Å². The third-order valence-corrected chi connectivity index (χ3v) is 5.49. The minimum Gasteiger partial charge on any atom is -0.493 e. The Kier molecular flexibility index (Phi) is 11.1. The van der Waals surface area contributed by atoms with Gasteiger partial charge in [-0.3, -0.25) is 4.99 Å². The van der Waals surface area contributed by atoms with E-state index in [2.05, 4.69) is 82.7 Å². The number of hydrogen-bond acceptors (Lipinski definition) is 4. The molecular formula is C25H38IN5O. The molecule has 0 saturated carbocycles. The highest BCUT2D eigenvalue weighted by atomic mass is 127. The fraction of sp³-hybridized carbons (Fsp3) is 0.520. The molecule has 1 fully saturated rings. The van der Waals surface area contributed by atoms with E-state index in [0.717, 1.165) is 63.0 Å². The van der Waals surface area contributed by atoms with Crippen molar-refractivity contribution in [2.45, 2.75) is 46.1 Å². The maximum Gasteiger partial charge on any atom is 0.191 e. The molecule has 0 atom stereocenters. The van der Waals surface area contributed by atoms with Gasteiger partial charge in [-0.1, -0.05) is 32.0 Å². The number of hydrogen-bond donors (Lipinski definition) is 2. The van der Waals surface area contributed by atoms with Crippen LogP contribution in [0.1, 0.15) is 37.8 Å². The van der Waals surface area contributed by atoms with Gasteiger partial charge in [0.15, 0.2) is 5.96 Å². The molecule has 1 aliphatic rings. The van der Waals surface area contributed by atoms with Crippen molar-refractivity contribution >= 4 is 35.8 Å². The lowest BCUT2D eigenvalue weighted by atomic mass is 10.1. The molecule has 0 spiro atoms. The second-order valence-electron chi connectivity index (χ2n) is 8.70. The summed E-state index contributed by atoms with van der Waals surface area (Å²) < 4.78 is 5.76. The van der Waals surface area contributed by atoms with Gasteiger partial charge in [0.25, 0.3) is 0 Å². The van der Waals surface area contributed by atoms with Crippen molar-refractivity contribution in [2.24, 2.45) is 10.9 Å². The number of benzene rings is 1. The van der Waals surface area contributed by atoms with E-state index in [0.29, 0.717) is 12.0 Å². The van der Waals surface area contributed by atoms with Crippen LogP contribution in [-0.4, -0.2) is 50.3 Å². The molecule has 0 radical (unpaired) electrons. The predicted molar refractivity (Wildman–Crippen MR) is 145 cm³/mol. The fourth-order valence-electron chi connectivity index (χ4n) is 3.63. The van der Waals surface area contributed by atoms with Crippen molar-refractivity contribution in [3.05, 3.63) is 53.7 Å². The average molecular weight is 552 g/mol. The lowest BCUT2D eigenvalue weighted by molar-refractivity contribution is 0.271. The zero-order valence-electron chi connectivity index (χ0n) is 19.8. The number of aryl methyl sites for hydroxylation is 1. The summed E-state index contributed by atoms with van der Waals surface area (Å²) in [5.74, 6) is 3.43. The molecular weight excluding hydrogens is 513 g/mol. The second-order valence-corrected chi connectivity index (χ2v) is 8.70. The van der Waals surface area contributed by atoms with Crippen molar-refractivity contribution in [3.63, 3.8) is 0 Å². The molecule has 1 aliphatic heterocycles. The molecule has 1 aromatic heterocycles. The standard InChI is InChI=1S/C25H37N5O.HI/c1-19(2)18-31-23-8-6-21(7-9-23)11-14-27-25(26-4)29-22-12-15-30(16-13-22)24-10-5-20(3)17-28-24;/h5-10,17,19,22H,11-16,18H2,1-4H3,(H2,26,27,29);1H. The minimum atomic E-state index is 0. The molecule has 0 amide bonds. The summed E-state index contributed by atoms with van der Waals surface area (Å²) in [6, 6.07) is 13.1. The molecule has 0 unspecified atom stereocenters. The van der Waals surface area contributed by atoms with Gasteiger partial charge in [0.1, 0.15) is 11.6 Å². The highest BCUT2D eigenvalue weighted by molar-refractivity contribution is 14.0. The monoisotopic (exact) mass is 551 g/mol. The van der Waals surface area contributed by atoms with Crippen LogP contribution in [-0.2, 0) is 6.42 Å². The van der Waals surface area contributed by atoms with Gasteiger partial charge in [0.2, 0.25) is 0 Å². The Morgan fingerprint density at radius 3 is 2.47 bits per heavy atom. The van der Waals surface area contributed by atoms with E-state index >= 15 is 0 Å². The number of ether oxygens (including phenoxy) is 1. The largest absolute Gasteiger partial charge is 0.493 e. The van der Waals surface area contributed by atoms with E-state index in [1.165, 1.54) is 11.1 Å². The summed E-state index contributed by atoms with van der Waals surface area (Å²) in [5.41, 5.74) is 2.49. The highest BCUT2D eigenvalue weighted by Crippen LogP contribution is 2.18. The quantitative estimate of drug-likeness (QED) is 0.289. The SMILES string of the molecule is CN=C(NCCc1ccc(OCC(C)C)cc1)NC1CCN(c2ccc(C)cn2)CC1.I. The Bertz CT molecular complexity index is 815. The summed E-state index contributed by atoms with van der Waals surface area (Å²) in [6.45, 7) is 10.0. The summed E-state index contributed by atoms with van der Waals surface area (Å²) in [4.78, 5) is 11.3. The number of aliphatic imine (C=N–C) groups is 1. The Hall–Kier alpha value is -2.03. The third kappa shape index (κ3) is 8.48. The lowest BCUT2D eigenvalue weighted by Gasteiger charge is -2.33. The Morgan fingerprint density at radius 1 is 1.16 bits per heavy atom. The highest BCUT2D eigenvalue weighted by Gasteiger charge is 2.20. The molecule has 176 valence electrons. The van der Waals surface area contributed by atoms with Gasteiger partial charge < -0.3 is 20.3 Å². The van der Waals surface area contributed by atoms with Crippen molar-refractivity contribution in [2.75, 3.05) is 38.2 Å². The first-order chi connectivity index (χ1) is 15.0. The van der Waals surface area contributed by atoms with Gasteiger partial charge in [-0.2, -0.15) is 0 Å². The van der Waals surface area contributed by atoms with Gasteiger partial charge in [-0.25, -0.2) is 4.98 Å². The Labute approximate surface area is 210 Å². The molecule has 2 aromatic rings. The molecule has 7 heteroatoms. The summed E-state index contributed by atoms with van der Waals surface area (Å²) in [7, 11) is 1.83. The van der Waals surface area contributed by atoms with Crippen molar-refractivity contribution < 1.29 is 4.74 Å². The van der Waals surface area contributed by atoms with Crippen LogP contribution in [0.4, 0.5) is 5.82 Å². The van der Waals surface area contributed by atoms with E-state index in [9.17, 15) is 0 Å². The average Bonchev–Trinajstić information content (AvgIpc) is 2.79. The number of piperidine rings is 1. The molecule has 1 saturated heterocycles. The number of nitrogens with one attached hydrogen (secondary N) is 2. The molecule has 0 bridgehead atoms. The summed E-state index contributed by atoms with van der Waals surface area (Å²) in [5, 5.41) is 7.03. The van der Waals surface area contributed by atoms with Crippen LogP contribution in [0.5, 0.6) is 5.75 Å². The molecule has 2 N–H and O–H groups in total. The number of guanidine groups is 1. The van der Waals surface area contributed by atoms with Crippen molar-refractivity contribution in [1.29, 1.82) is 0 Å². The van der Waals surface area contributed by atoms with Crippen LogP contribution in [0.2, 0.25) is 0 Å². The maximum atomic E-state index is 5.76. The first-order valence-electron chi connectivity index (χ1n) is 11.4. The molecule has 2 heterocycles. The van der Waals surface area contributed by atoms with Gasteiger partial charge >= 0.3 is 0 Å². The first-order valence-corrected chi connectivity index (χ1v) is 11.4.